The second kappa shape index (κ2) is 9.57. The minimum Gasteiger partial charge on any atom is -0.351 e. The summed E-state index contributed by atoms with van der Waals surface area (Å²) in [5, 5.41) is 1.59. The molecule has 0 saturated carbocycles. The average molecular weight is 441 g/mol. The van der Waals surface area contributed by atoms with Gasteiger partial charge in [-0.15, -0.1) is 0 Å². The highest BCUT2D eigenvalue weighted by Gasteiger charge is 2.36. The van der Waals surface area contributed by atoms with Gasteiger partial charge in [0.25, 0.3) is 5.91 Å². The Morgan fingerprint density at radius 1 is 1.13 bits per heavy atom. The molecule has 9 heteroatoms. The number of hydrogen-bond donors (Lipinski definition) is 2. The number of hydrogen-bond acceptors (Lipinski definition) is 5. The number of amides is 4. The Morgan fingerprint density at radius 3 is 2.35 bits per heavy atom. The predicted molar refractivity (Wildman–Crippen MR) is 120 cm³/mol. The number of imide groups is 1. The Hall–Kier alpha value is -3.46. The van der Waals surface area contributed by atoms with Gasteiger partial charge in [0, 0.05) is 0 Å². The van der Waals surface area contributed by atoms with Gasteiger partial charge >= 0.3 is 6.03 Å². The van der Waals surface area contributed by atoms with E-state index in [1.165, 1.54) is 29.2 Å². The van der Waals surface area contributed by atoms with Gasteiger partial charge in [0.05, 0.1) is 10.9 Å². The lowest BCUT2D eigenvalue weighted by Gasteiger charge is -2.23. The van der Waals surface area contributed by atoms with Crippen molar-refractivity contribution in [3.8, 4) is 0 Å². The van der Waals surface area contributed by atoms with Crippen LogP contribution in [0.1, 0.15) is 19.4 Å². The van der Waals surface area contributed by atoms with Crippen molar-refractivity contribution in [2.75, 3.05) is 4.90 Å². The molecule has 1 aliphatic rings. The van der Waals surface area contributed by atoms with Crippen molar-refractivity contribution in [1.29, 1.82) is 0 Å². The Balaban J connectivity index is 2.00. The highest BCUT2D eigenvalue weighted by atomic mass is 32.2. The number of nitrogens with zero attached hydrogens (tertiary/aromatic N) is 2. The molecule has 4 amide bonds. The van der Waals surface area contributed by atoms with Gasteiger partial charge in [-0.2, -0.15) is 0 Å². The molecule has 3 N–H and O–H groups in total. The lowest BCUT2D eigenvalue weighted by molar-refractivity contribution is -0.120. The molecule has 7 nitrogen and oxygen atoms in total. The van der Waals surface area contributed by atoms with E-state index in [1.54, 1.807) is 19.9 Å². The lowest BCUT2D eigenvalue weighted by Crippen LogP contribution is -2.43. The molecule has 0 fully saturated rings. The van der Waals surface area contributed by atoms with Gasteiger partial charge < -0.3 is 5.73 Å². The summed E-state index contributed by atoms with van der Waals surface area (Å²) < 4.78 is 13.4. The molecule has 3 rings (SSSR count). The van der Waals surface area contributed by atoms with Crippen molar-refractivity contribution in [1.82, 2.24) is 5.32 Å². The maximum Gasteiger partial charge on any atom is 0.318 e. The smallest absolute Gasteiger partial charge is 0.318 e. The van der Waals surface area contributed by atoms with Gasteiger partial charge in [-0.1, -0.05) is 55.9 Å². The van der Waals surface area contributed by atoms with E-state index < -0.39 is 28.9 Å². The third-order valence-corrected chi connectivity index (χ3v) is 5.86. The highest BCUT2D eigenvalue weighted by Crippen LogP contribution is 2.33. The molecular formula is C22H21FN4O3S. The maximum atomic E-state index is 13.4. The van der Waals surface area contributed by atoms with E-state index in [0.717, 1.165) is 17.3 Å². The van der Waals surface area contributed by atoms with Crippen LogP contribution < -0.4 is 16.0 Å². The largest absolute Gasteiger partial charge is 0.351 e. The number of urea groups is 1. The van der Waals surface area contributed by atoms with Crippen LogP contribution in [0.15, 0.2) is 65.3 Å². The van der Waals surface area contributed by atoms with Gasteiger partial charge in [-0.05, 0) is 41.8 Å². The Labute approximate surface area is 183 Å². The van der Waals surface area contributed by atoms with Crippen LogP contribution in [-0.4, -0.2) is 28.3 Å². The van der Waals surface area contributed by atoms with Gasteiger partial charge in [0.15, 0.2) is 5.17 Å². The summed E-state index contributed by atoms with van der Waals surface area (Å²) >= 11 is 1.04. The average Bonchev–Trinajstić information content (AvgIpc) is 3.02. The minimum atomic E-state index is -0.958. The second-order valence-corrected chi connectivity index (χ2v) is 8.20. The highest BCUT2D eigenvalue weighted by molar-refractivity contribution is 8.15. The summed E-state index contributed by atoms with van der Waals surface area (Å²) in [5.41, 5.74) is 6.45. The number of aliphatic imine (C=N–C) groups is 1. The topological polar surface area (TPSA) is 105 Å². The molecule has 1 atom stereocenters. The first kappa shape index (κ1) is 22.2. The van der Waals surface area contributed by atoms with E-state index in [1.807, 2.05) is 30.3 Å². The van der Waals surface area contributed by atoms with Gasteiger partial charge in [-0.3, -0.25) is 19.8 Å². The van der Waals surface area contributed by atoms with E-state index in [4.69, 9.17) is 5.73 Å². The zero-order valence-electron chi connectivity index (χ0n) is 16.9. The molecule has 2 aromatic carbocycles. The van der Waals surface area contributed by atoms with Crippen molar-refractivity contribution in [2.24, 2.45) is 16.6 Å². The van der Waals surface area contributed by atoms with Gasteiger partial charge in [0.1, 0.15) is 11.5 Å². The number of primary amides is 1. The van der Waals surface area contributed by atoms with Crippen molar-refractivity contribution >= 4 is 46.5 Å². The fourth-order valence-corrected chi connectivity index (χ4v) is 4.01. The van der Waals surface area contributed by atoms with Gasteiger partial charge in [-0.25, -0.2) is 14.2 Å². The fraction of sp³-hybridized carbons (Fsp3) is 0.182. The number of amidine groups is 1. The zero-order valence-corrected chi connectivity index (χ0v) is 17.7. The molecular weight excluding hydrogens is 419 g/mol. The first-order valence-corrected chi connectivity index (χ1v) is 10.4. The van der Waals surface area contributed by atoms with Crippen LogP contribution in [-0.2, 0) is 9.59 Å². The summed E-state index contributed by atoms with van der Waals surface area (Å²) in [6.07, 6.45) is 1.64. The first-order chi connectivity index (χ1) is 14.8. The lowest BCUT2D eigenvalue weighted by atomic mass is 10.1. The molecule has 31 heavy (non-hydrogen) atoms. The molecule has 160 valence electrons. The molecule has 0 spiro atoms. The number of nitrogens with two attached hydrogens (primary N) is 1. The quantitative estimate of drug-likeness (QED) is 0.694. The SMILES string of the molecule is CC(C)C(SC1=N/C(=C\c2ccccc2)C(=O)N1c1ccc(F)cc1)C(=O)NC(N)=O. The summed E-state index contributed by atoms with van der Waals surface area (Å²) in [7, 11) is 0. The molecule has 0 aliphatic carbocycles. The van der Waals surface area contributed by atoms with Crippen LogP contribution >= 0.6 is 11.8 Å². The first-order valence-electron chi connectivity index (χ1n) is 9.48. The van der Waals surface area contributed by atoms with Gasteiger partial charge in [0.2, 0.25) is 5.91 Å². The summed E-state index contributed by atoms with van der Waals surface area (Å²) in [6, 6.07) is 13.6. The third kappa shape index (κ3) is 5.37. The number of carbonyl (C=O) groups is 3. The van der Waals surface area contributed by atoms with E-state index in [-0.39, 0.29) is 16.8 Å². The number of rotatable bonds is 5. The van der Waals surface area contributed by atoms with Crippen molar-refractivity contribution in [3.63, 3.8) is 0 Å². The molecule has 1 aliphatic heterocycles. The normalized spacial score (nSPS) is 15.9. The number of halogens is 1. The number of benzene rings is 2. The molecule has 1 heterocycles. The van der Waals surface area contributed by atoms with Crippen LogP contribution in [0.2, 0.25) is 0 Å². The van der Waals surface area contributed by atoms with E-state index in [0.29, 0.717) is 5.69 Å². The van der Waals surface area contributed by atoms with E-state index in [2.05, 4.69) is 10.3 Å². The third-order valence-electron chi connectivity index (χ3n) is 4.36. The number of carbonyl (C=O) groups excluding carboxylic acids is 3. The molecule has 0 aromatic heterocycles. The second-order valence-electron chi connectivity index (χ2n) is 7.09. The Bertz CT molecular complexity index is 1050. The Kier molecular flexibility index (Phi) is 6.86. The zero-order chi connectivity index (χ0) is 22.5. The summed E-state index contributed by atoms with van der Waals surface area (Å²) in [4.78, 5) is 42.6. The monoisotopic (exact) mass is 440 g/mol. The molecule has 0 bridgehead atoms. The number of anilines is 1. The van der Waals surface area contributed by atoms with Crippen molar-refractivity contribution in [3.05, 3.63) is 71.7 Å². The minimum absolute atomic E-state index is 0.177. The van der Waals surface area contributed by atoms with E-state index in [9.17, 15) is 18.8 Å². The van der Waals surface area contributed by atoms with Crippen LogP contribution in [0, 0.1) is 11.7 Å². The van der Waals surface area contributed by atoms with E-state index >= 15 is 0 Å². The maximum absolute atomic E-state index is 13.4. The Morgan fingerprint density at radius 2 is 1.77 bits per heavy atom. The molecule has 1 unspecified atom stereocenters. The standard InChI is InChI=1S/C22H21FN4O3S/c1-13(2)18(19(28)26-21(24)30)31-22-25-17(12-14-6-4-3-5-7-14)20(29)27(22)16-10-8-15(23)9-11-16/h3-13,18H,1-2H3,(H3,24,26,28,30)/b17-12-. The fourth-order valence-electron chi connectivity index (χ4n) is 2.90. The summed E-state index contributed by atoms with van der Waals surface area (Å²) in [5.74, 6) is -1.63. The van der Waals surface area contributed by atoms with Crippen LogP contribution in [0.25, 0.3) is 6.08 Å². The van der Waals surface area contributed by atoms with Crippen molar-refractivity contribution < 1.29 is 18.8 Å². The van der Waals surface area contributed by atoms with Crippen molar-refractivity contribution in [2.45, 2.75) is 19.1 Å². The molecule has 2 aromatic rings. The van der Waals surface area contributed by atoms with Crippen LogP contribution in [0.5, 0.6) is 0 Å². The molecule has 0 radical (unpaired) electrons. The van der Waals surface area contributed by atoms with Crippen LogP contribution in [0.3, 0.4) is 0 Å². The molecule has 0 saturated heterocycles. The predicted octanol–water partition coefficient (Wildman–Crippen LogP) is 3.52. The number of nitrogens with one attached hydrogen (secondary N) is 1. The number of thioether (sulfide) groups is 1. The summed E-state index contributed by atoms with van der Waals surface area (Å²) in [6.45, 7) is 3.61. The van der Waals surface area contributed by atoms with Crippen LogP contribution in [0.4, 0.5) is 14.9 Å².